The molecule has 0 nitrogen and oxygen atoms in total. The van der Waals surface area contributed by atoms with Gasteiger partial charge in [-0.2, -0.15) is 0 Å². The molecule has 0 saturated carbocycles. The molecule has 0 spiro atoms. The van der Waals surface area contributed by atoms with Gasteiger partial charge in [-0.25, -0.2) is 0 Å². The fourth-order valence-electron chi connectivity index (χ4n) is 1.86. The number of halogens is 1. The lowest BCUT2D eigenvalue weighted by atomic mass is 9.70. The van der Waals surface area contributed by atoms with Crippen LogP contribution in [-0.2, 0) is 0 Å². The lowest BCUT2D eigenvalue weighted by Crippen LogP contribution is -2.20. The zero-order valence-electron chi connectivity index (χ0n) is 7.97. The highest BCUT2D eigenvalue weighted by Crippen LogP contribution is 2.43. The normalized spacial score (nSPS) is 31.7. The van der Waals surface area contributed by atoms with Crippen molar-refractivity contribution in [3.8, 4) is 0 Å². The minimum absolute atomic E-state index is 0.215. The SMILES string of the molecule is BC1=CC2=CC=C(Br)CC2(C)C=C1. The Bertz CT molecular complexity index is 360. The average molecular weight is 235 g/mol. The quantitative estimate of drug-likeness (QED) is 0.566. The van der Waals surface area contributed by atoms with Crippen LogP contribution in [0.3, 0.4) is 0 Å². The minimum Gasteiger partial charge on any atom is -0.0889 e. The van der Waals surface area contributed by atoms with Gasteiger partial charge in [0, 0.05) is 5.41 Å². The molecule has 1 atom stereocenters. The molecule has 66 valence electrons. The second-order valence-electron chi connectivity index (χ2n) is 4.05. The molecule has 0 aliphatic heterocycles. The van der Waals surface area contributed by atoms with Gasteiger partial charge in [0.2, 0.25) is 0 Å². The zero-order chi connectivity index (χ0) is 9.47. The molecule has 0 fully saturated rings. The first-order chi connectivity index (χ1) is 6.10. The van der Waals surface area contributed by atoms with Gasteiger partial charge in [-0.1, -0.05) is 58.7 Å². The van der Waals surface area contributed by atoms with Gasteiger partial charge < -0.3 is 0 Å². The van der Waals surface area contributed by atoms with Crippen LogP contribution < -0.4 is 0 Å². The van der Waals surface area contributed by atoms with Crippen LogP contribution in [0.25, 0.3) is 0 Å². The molecule has 13 heavy (non-hydrogen) atoms. The van der Waals surface area contributed by atoms with E-state index >= 15 is 0 Å². The molecule has 0 radical (unpaired) electrons. The molecule has 0 aromatic carbocycles. The topological polar surface area (TPSA) is 0 Å². The first kappa shape index (κ1) is 9.08. The fourth-order valence-corrected chi connectivity index (χ4v) is 2.57. The number of fused-ring (bicyclic) bond motifs is 1. The largest absolute Gasteiger partial charge is 0.139 e. The molecule has 0 N–H and O–H groups in total. The van der Waals surface area contributed by atoms with Crippen molar-refractivity contribution in [3.05, 3.63) is 45.9 Å². The Morgan fingerprint density at radius 2 is 2.23 bits per heavy atom. The van der Waals surface area contributed by atoms with Crippen molar-refractivity contribution in [2.24, 2.45) is 5.41 Å². The summed E-state index contributed by atoms with van der Waals surface area (Å²) in [7, 11) is 2.14. The Kier molecular flexibility index (Phi) is 2.11. The standard InChI is InChI=1S/C11H12BBr/c1-11-5-4-9(12)6-8(11)2-3-10(13)7-11/h2-6H,7,12H2,1H3. The predicted molar refractivity (Wildman–Crippen MR) is 63.6 cm³/mol. The highest BCUT2D eigenvalue weighted by molar-refractivity contribution is 9.11. The summed E-state index contributed by atoms with van der Waals surface area (Å²) < 4.78 is 1.29. The van der Waals surface area contributed by atoms with E-state index in [4.69, 9.17) is 0 Å². The summed E-state index contributed by atoms with van der Waals surface area (Å²) in [5, 5.41) is 0. The van der Waals surface area contributed by atoms with E-state index in [1.807, 2.05) is 0 Å². The first-order valence-corrected chi connectivity index (χ1v) is 5.34. The van der Waals surface area contributed by atoms with Crippen LogP contribution in [-0.4, -0.2) is 7.85 Å². The Hall–Kier alpha value is -0.495. The van der Waals surface area contributed by atoms with Gasteiger partial charge in [0.05, 0.1) is 0 Å². The molecule has 0 aromatic rings. The second-order valence-corrected chi connectivity index (χ2v) is 5.07. The van der Waals surface area contributed by atoms with Gasteiger partial charge in [0.1, 0.15) is 7.85 Å². The number of hydrogen-bond donors (Lipinski definition) is 0. The molecule has 0 aromatic heterocycles. The Morgan fingerprint density at radius 3 is 3.00 bits per heavy atom. The molecule has 0 amide bonds. The highest BCUT2D eigenvalue weighted by Gasteiger charge is 2.29. The molecule has 2 heteroatoms. The van der Waals surface area contributed by atoms with E-state index in [-0.39, 0.29) is 5.41 Å². The summed E-state index contributed by atoms with van der Waals surface area (Å²) >= 11 is 3.56. The highest BCUT2D eigenvalue weighted by atomic mass is 79.9. The van der Waals surface area contributed by atoms with Crippen LogP contribution in [0, 0.1) is 5.41 Å². The van der Waals surface area contributed by atoms with Gasteiger partial charge in [-0.15, -0.1) is 0 Å². The van der Waals surface area contributed by atoms with Gasteiger partial charge in [0.25, 0.3) is 0 Å². The number of allylic oxidation sites excluding steroid dienone is 8. The van der Waals surface area contributed by atoms with Gasteiger partial charge in [-0.3, -0.25) is 0 Å². The van der Waals surface area contributed by atoms with E-state index in [0.29, 0.717) is 0 Å². The fraction of sp³-hybridized carbons (Fsp3) is 0.273. The van der Waals surface area contributed by atoms with Crippen LogP contribution >= 0.6 is 15.9 Å². The Morgan fingerprint density at radius 1 is 1.46 bits per heavy atom. The molecule has 2 aliphatic rings. The van der Waals surface area contributed by atoms with Gasteiger partial charge >= 0.3 is 0 Å². The summed E-state index contributed by atoms with van der Waals surface area (Å²) in [6, 6.07) is 0. The summed E-state index contributed by atoms with van der Waals surface area (Å²) in [6.45, 7) is 2.28. The van der Waals surface area contributed by atoms with E-state index in [9.17, 15) is 0 Å². The number of rotatable bonds is 0. The summed E-state index contributed by atoms with van der Waals surface area (Å²) in [4.78, 5) is 0. The Balaban J connectivity index is 2.46. The summed E-state index contributed by atoms with van der Waals surface area (Å²) in [5.41, 5.74) is 2.98. The monoisotopic (exact) mass is 234 g/mol. The van der Waals surface area contributed by atoms with E-state index in [1.54, 1.807) is 0 Å². The van der Waals surface area contributed by atoms with Crippen molar-refractivity contribution in [3.63, 3.8) is 0 Å². The van der Waals surface area contributed by atoms with Gasteiger partial charge in [-0.05, 0) is 16.5 Å². The van der Waals surface area contributed by atoms with E-state index in [2.05, 4.69) is 61.1 Å². The molecule has 2 rings (SSSR count). The van der Waals surface area contributed by atoms with Crippen molar-refractivity contribution < 1.29 is 0 Å². The third kappa shape index (κ3) is 1.60. The smallest absolute Gasteiger partial charge is 0.0889 e. The third-order valence-corrected chi connectivity index (χ3v) is 3.28. The maximum Gasteiger partial charge on any atom is 0.139 e. The van der Waals surface area contributed by atoms with Crippen LogP contribution in [0.4, 0.5) is 0 Å². The summed E-state index contributed by atoms with van der Waals surface area (Å²) in [5.74, 6) is 0. The molecule has 2 aliphatic carbocycles. The molecular weight excluding hydrogens is 223 g/mol. The third-order valence-electron chi connectivity index (χ3n) is 2.74. The molecular formula is C11H12BBr. The van der Waals surface area contributed by atoms with E-state index < -0.39 is 0 Å². The maximum atomic E-state index is 3.56. The Labute approximate surface area is 88.6 Å². The van der Waals surface area contributed by atoms with Crippen LogP contribution in [0.15, 0.2) is 45.9 Å². The summed E-state index contributed by atoms with van der Waals surface area (Å²) in [6.07, 6.45) is 12.2. The van der Waals surface area contributed by atoms with Gasteiger partial charge in [0.15, 0.2) is 0 Å². The average Bonchev–Trinajstić information content (AvgIpc) is 2.06. The lowest BCUT2D eigenvalue weighted by Gasteiger charge is -2.33. The van der Waals surface area contributed by atoms with Crippen LogP contribution in [0.5, 0.6) is 0 Å². The van der Waals surface area contributed by atoms with Crippen molar-refractivity contribution in [2.75, 3.05) is 0 Å². The zero-order valence-corrected chi connectivity index (χ0v) is 9.56. The van der Waals surface area contributed by atoms with Crippen molar-refractivity contribution in [1.29, 1.82) is 0 Å². The van der Waals surface area contributed by atoms with E-state index in [1.165, 1.54) is 15.5 Å². The molecule has 0 bridgehead atoms. The minimum atomic E-state index is 0.215. The van der Waals surface area contributed by atoms with Crippen LogP contribution in [0.1, 0.15) is 13.3 Å². The van der Waals surface area contributed by atoms with Crippen molar-refractivity contribution >= 4 is 23.8 Å². The lowest BCUT2D eigenvalue weighted by molar-refractivity contribution is 0.523. The van der Waals surface area contributed by atoms with E-state index in [0.717, 1.165) is 6.42 Å². The molecule has 1 unspecified atom stereocenters. The predicted octanol–water partition coefficient (Wildman–Crippen LogP) is 2.69. The van der Waals surface area contributed by atoms with Crippen LogP contribution in [0.2, 0.25) is 0 Å². The molecule has 0 heterocycles. The molecule has 0 saturated heterocycles. The second kappa shape index (κ2) is 3.02. The maximum absolute atomic E-state index is 3.56. The number of hydrogen-bond acceptors (Lipinski definition) is 0. The van der Waals surface area contributed by atoms with Crippen molar-refractivity contribution in [1.82, 2.24) is 0 Å². The van der Waals surface area contributed by atoms with Crippen molar-refractivity contribution in [2.45, 2.75) is 13.3 Å². The first-order valence-electron chi connectivity index (χ1n) is 4.54.